The van der Waals surface area contributed by atoms with Gasteiger partial charge in [-0.15, -0.1) is 15.0 Å². The first-order chi connectivity index (χ1) is 8.86. The third-order valence-corrected chi connectivity index (χ3v) is 2.34. The molecule has 0 saturated heterocycles. The number of benzene rings is 1. The normalized spacial score (nSPS) is 10.4. The topological polar surface area (TPSA) is 93.5 Å². The summed E-state index contributed by atoms with van der Waals surface area (Å²) >= 11 is 0. The molecule has 7 heteroatoms. The van der Waals surface area contributed by atoms with E-state index in [-0.39, 0.29) is 0 Å². The number of hydrogen-bond acceptors (Lipinski definition) is 6. The van der Waals surface area contributed by atoms with E-state index >= 15 is 0 Å². The van der Waals surface area contributed by atoms with Crippen LogP contribution >= 0.6 is 0 Å². The Morgan fingerprint density at radius 3 is 3.06 bits per heavy atom. The fourth-order valence-electron chi connectivity index (χ4n) is 1.49. The minimum atomic E-state index is 0.393. The number of nitrogens with zero attached hydrogens (tertiary/aromatic N) is 5. The Morgan fingerprint density at radius 2 is 2.28 bits per heavy atom. The van der Waals surface area contributed by atoms with Gasteiger partial charge in [-0.25, -0.2) is 4.98 Å². The van der Waals surface area contributed by atoms with Gasteiger partial charge in [0.25, 0.3) is 0 Å². The van der Waals surface area contributed by atoms with E-state index < -0.39 is 0 Å². The molecule has 0 fully saturated rings. The Hall–Kier alpha value is -2.83. The highest BCUT2D eigenvalue weighted by Gasteiger charge is 2.09. The van der Waals surface area contributed by atoms with Crippen LogP contribution in [0.4, 0.5) is 0 Å². The molecule has 0 amide bonds. The predicted molar refractivity (Wildman–Crippen MR) is 62.5 cm³/mol. The zero-order valence-corrected chi connectivity index (χ0v) is 9.19. The fraction of sp³-hybridized carbons (Fsp3) is 0. The Kier molecular flexibility index (Phi) is 2.41. The maximum Gasteiger partial charge on any atom is 0.226 e. The van der Waals surface area contributed by atoms with Crippen molar-refractivity contribution in [2.45, 2.75) is 0 Å². The van der Waals surface area contributed by atoms with Crippen molar-refractivity contribution < 1.29 is 4.42 Å². The molecule has 0 unspecified atom stereocenters. The summed E-state index contributed by atoms with van der Waals surface area (Å²) in [4.78, 5) is 5.33. The Morgan fingerprint density at radius 1 is 1.33 bits per heavy atom. The van der Waals surface area contributed by atoms with Crippen LogP contribution in [0.1, 0.15) is 5.56 Å². The molecular weight excluding hydrogens is 232 g/mol. The molecule has 88 valence electrons. The summed E-state index contributed by atoms with van der Waals surface area (Å²) in [6.45, 7) is 0. The molecule has 2 heterocycles. The average molecular weight is 240 g/mol. The van der Waals surface area contributed by atoms with Gasteiger partial charge in [-0.05, 0) is 22.9 Å². The molecule has 0 atom stereocenters. The summed E-state index contributed by atoms with van der Waals surface area (Å²) in [5.74, 6) is 0.393. The quantitative estimate of drug-likeness (QED) is 0.696. The number of aromatic nitrogens is 5. The van der Waals surface area contributed by atoms with Crippen LogP contribution in [-0.4, -0.2) is 31.4 Å². The molecule has 0 aliphatic carbocycles. The van der Waals surface area contributed by atoms with Crippen molar-refractivity contribution in [1.29, 1.82) is 5.41 Å². The highest BCUT2D eigenvalue weighted by molar-refractivity contribution is 5.77. The lowest BCUT2D eigenvalue weighted by molar-refractivity contribution is 0.558. The second-order valence-corrected chi connectivity index (χ2v) is 3.52. The Labute approximate surface area is 102 Å². The minimum absolute atomic E-state index is 0.393. The van der Waals surface area contributed by atoms with E-state index in [2.05, 4.69) is 20.4 Å². The predicted octanol–water partition coefficient (Wildman–Crippen LogP) is 1.31. The summed E-state index contributed by atoms with van der Waals surface area (Å²) in [6.07, 6.45) is 4.03. The maximum atomic E-state index is 7.21. The standard InChI is InChI=1S/C11H8N6O/c12-5-8-2-1-3-9(4-8)17-15-11(14-16-17)10-6-18-7-13-10/h1-7,12H. The number of oxazole rings is 1. The van der Waals surface area contributed by atoms with Crippen LogP contribution < -0.4 is 0 Å². The van der Waals surface area contributed by atoms with Crippen LogP contribution in [0, 0.1) is 5.41 Å². The molecule has 3 rings (SSSR count). The van der Waals surface area contributed by atoms with Gasteiger partial charge in [0, 0.05) is 6.21 Å². The van der Waals surface area contributed by atoms with E-state index in [4.69, 9.17) is 9.83 Å². The summed E-state index contributed by atoms with van der Waals surface area (Å²) < 4.78 is 4.86. The molecule has 18 heavy (non-hydrogen) atoms. The van der Waals surface area contributed by atoms with Crippen molar-refractivity contribution in [2.24, 2.45) is 0 Å². The smallest absolute Gasteiger partial charge is 0.226 e. The van der Waals surface area contributed by atoms with Gasteiger partial charge in [0.05, 0.1) is 5.69 Å². The number of tetrazole rings is 1. The van der Waals surface area contributed by atoms with Crippen LogP contribution in [0.15, 0.2) is 41.3 Å². The second kappa shape index (κ2) is 4.21. The molecule has 0 radical (unpaired) electrons. The number of nitrogens with one attached hydrogen (secondary N) is 1. The largest absolute Gasteiger partial charge is 0.451 e. The molecule has 1 aromatic carbocycles. The molecule has 0 aliphatic heterocycles. The second-order valence-electron chi connectivity index (χ2n) is 3.52. The average Bonchev–Trinajstić information content (AvgIpc) is 3.09. The number of rotatable bonds is 3. The molecule has 3 aromatic rings. The van der Waals surface area contributed by atoms with Gasteiger partial charge in [-0.3, -0.25) is 0 Å². The van der Waals surface area contributed by atoms with Crippen LogP contribution in [0.5, 0.6) is 0 Å². The van der Waals surface area contributed by atoms with E-state index in [1.54, 1.807) is 6.07 Å². The molecule has 0 aliphatic rings. The Balaban J connectivity index is 2.00. The molecule has 0 saturated carbocycles. The lowest BCUT2D eigenvalue weighted by atomic mass is 10.2. The SMILES string of the molecule is N=Cc1cccc(-n2nnc(-c3cocn3)n2)c1. The van der Waals surface area contributed by atoms with E-state index in [9.17, 15) is 0 Å². The van der Waals surface area contributed by atoms with Crippen LogP contribution in [0.25, 0.3) is 17.2 Å². The van der Waals surface area contributed by atoms with Crippen molar-refractivity contribution in [3.8, 4) is 17.2 Å². The lowest BCUT2D eigenvalue weighted by Gasteiger charge is -1.98. The maximum absolute atomic E-state index is 7.21. The summed E-state index contributed by atoms with van der Waals surface area (Å²) in [5.41, 5.74) is 2.04. The van der Waals surface area contributed by atoms with Crippen molar-refractivity contribution >= 4 is 6.21 Å². The van der Waals surface area contributed by atoms with E-state index in [1.807, 2.05) is 18.2 Å². The van der Waals surface area contributed by atoms with Gasteiger partial charge < -0.3 is 9.83 Å². The third kappa shape index (κ3) is 1.77. The van der Waals surface area contributed by atoms with Crippen molar-refractivity contribution in [1.82, 2.24) is 25.2 Å². The molecule has 0 bridgehead atoms. The summed E-state index contributed by atoms with van der Waals surface area (Å²) in [7, 11) is 0. The fourth-order valence-corrected chi connectivity index (χ4v) is 1.49. The molecule has 0 spiro atoms. The molecule has 1 N–H and O–H groups in total. The summed E-state index contributed by atoms with van der Waals surface area (Å²) in [5, 5.41) is 19.2. The van der Waals surface area contributed by atoms with Gasteiger partial charge in [0.15, 0.2) is 6.39 Å². The Bertz CT molecular complexity index is 672. The number of hydrogen-bond donors (Lipinski definition) is 1. The molecule has 7 nitrogen and oxygen atoms in total. The first-order valence-corrected chi connectivity index (χ1v) is 5.16. The van der Waals surface area contributed by atoms with Crippen LogP contribution in [0.3, 0.4) is 0 Å². The highest BCUT2D eigenvalue weighted by atomic mass is 16.3. The van der Waals surface area contributed by atoms with Gasteiger partial charge in [-0.1, -0.05) is 12.1 Å². The first kappa shape index (κ1) is 10.3. The van der Waals surface area contributed by atoms with E-state index in [1.165, 1.54) is 23.7 Å². The van der Waals surface area contributed by atoms with Gasteiger partial charge in [0.1, 0.15) is 12.0 Å². The highest BCUT2D eigenvalue weighted by Crippen LogP contribution is 2.12. The molecule has 2 aromatic heterocycles. The van der Waals surface area contributed by atoms with E-state index in [0.29, 0.717) is 11.5 Å². The lowest BCUT2D eigenvalue weighted by Crippen LogP contribution is -1.99. The monoisotopic (exact) mass is 240 g/mol. The van der Waals surface area contributed by atoms with Gasteiger partial charge >= 0.3 is 0 Å². The van der Waals surface area contributed by atoms with Crippen molar-refractivity contribution in [3.05, 3.63) is 42.5 Å². The third-order valence-electron chi connectivity index (χ3n) is 2.34. The van der Waals surface area contributed by atoms with Crippen molar-refractivity contribution in [3.63, 3.8) is 0 Å². The first-order valence-electron chi connectivity index (χ1n) is 5.16. The zero-order chi connectivity index (χ0) is 12.4. The van der Waals surface area contributed by atoms with Gasteiger partial charge in [0.2, 0.25) is 5.82 Å². The van der Waals surface area contributed by atoms with Gasteiger partial charge in [-0.2, -0.15) is 0 Å². The van der Waals surface area contributed by atoms with E-state index in [0.717, 1.165) is 11.3 Å². The van der Waals surface area contributed by atoms with Crippen LogP contribution in [0.2, 0.25) is 0 Å². The van der Waals surface area contributed by atoms with Crippen LogP contribution in [-0.2, 0) is 0 Å². The zero-order valence-electron chi connectivity index (χ0n) is 9.19. The summed E-state index contributed by atoms with van der Waals surface area (Å²) in [6, 6.07) is 7.28. The van der Waals surface area contributed by atoms with Crippen molar-refractivity contribution in [2.75, 3.05) is 0 Å². The minimum Gasteiger partial charge on any atom is -0.451 e. The molecular formula is C11H8N6O.